The number of carbonyl (C=O) groups is 1. The van der Waals surface area contributed by atoms with Crippen LogP contribution in [0.25, 0.3) is 0 Å². The lowest BCUT2D eigenvalue weighted by Crippen LogP contribution is -2.34. The number of alkyl carbamates (subject to hydrolysis) is 1. The van der Waals surface area contributed by atoms with E-state index in [1.54, 1.807) is 6.92 Å². The molecule has 0 unspecified atom stereocenters. The van der Waals surface area contributed by atoms with Gasteiger partial charge in [-0.3, -0.25) is 5.32 Å². The van der Waals surface area contributed by atoms with E-state index in [4.69, 9.17) is 12.2 Å². The predicted molar refractivity (Wildman–Crippen MR) is 62.8 cm³/mol. The first-order valence-corrected chi connectivity index (χ1v) is 4.93. The summed E-state index contributed by atoms with van der Waals surface area (Å²) < 4.78 is 4.67. The van der Waals surface area contributed by atoms with Crippen LogP contribution in [-0.2, 0) is 4.74 Å². The van der Waals surface area contributed by atoms with Crippen molar-refractivity contribution in [2.24, 2.45) is 0 Å². The minimum atomic E-state index is -0.550. The van der Waals surface area contributed by atoms with Crippen molar-refractivity contribution < 1.29 is 9.53 Å². The lowest BCUT2D eigenvalue weighted by Gasteiger charge is -2.08. The topological polar surface area (TPSA) is 50.4 Å². The van der Waals surface area contributed by atoms with Crippen LogP contribution in [0.3, 0.4) is 0 Å². The molecule has 0 aliphatic heterocycles. The Morgan fingerprint density at radius 3 is 2.67 bits per heavy atom. The minimum Gasteiger partial charge on any atom is -0.450 e. The molecule has 1 aromatic carbocycles. The summed E-state index contributed by atoms with van der Waals surface area (Å²) >= 11 is 4.90. The summed E-state index contributed by atoms with van der Waals surface area (Å²) in [6, 6.07) is 9.33. The number of hydrogen-bond acceptors (Lipinski definition) is 3. The van der Waals surface area contributed by atoms with Crippen LogP contribution in [-0.4, -0.2) is 17.8 Å². The molecule has 1 amide bonds. The van der Waals surface area contributed by atoms with Gasteiger partial charge in [0.15, 0.2) is 5.11 Å². The van der Waals surface area contributed by atoms with Gasteiger partial charge < -0.3 is 10.1 Å². The Morgan fingerprint density at radius 2 is 2.07 bits per heavy atom. The molecular formula is C10H12N2O2S. The molecule has 80 valence electrons. The van der Waals surface area contributed by atoms with Crippen molar-refractivity contribution >= 4 is 29.1 Å². The SMILES string of the molecule is CCOC(=O)NC(=S)Nc1ccccc1. The number of para-hydroxylation sites is 1. The summed E-state index contributed by atoms with van der Waals surface area (Å²) in [5, 5.41) is 5.46. The maximum atomic E-state index is 11.0. The third-order valence-electron chi connectivity index (χ3n) is 1.52. The van der Waals surface area contributed by atoms with E-state index in [1.165, 1.54) is 0 Å². The third kappa shape index (κ3) is 4.42. The van der Waals surface area contributed by atoms with Crippen molar-refractivity contribution in [2.45, 2.75) is 6.92 Å². The van der Waals surface area contributed by atoms with E-state index in [9.17, 15) is 4.79 Å². The number of carbonyl (C=O) groups excluding carboxylic acids is 1. The lowest BCUT2D eigenvalue weighted by atomic mass is 10.3. The van der Waals surface area contributed by atoms with Crippen molar-refractivity contribution in [3.05, 3.63) is 30.3 Å². The van der Waals surface area contributed by atoms with E-state index in [1.807, 2.05) is 30.3 Å². The van der Waals surface area contributed by atoms with E-state index in [0.717, 1.165) is 5.69 Å². The molecule has 15 heavy (non-hydrogen) atoms. The van der Waals surface area contributed by atoms with Crippen molar-refractivity contribution in [3.63, 3.8) is 0 Å². The largest absolute Gasteiger partial charge is 0.450 e. The van der Waals surface area contributed by atoms with Gasteiger partial charge in [-0.2, -0.15) is 0 Å². The number of thiocarbonyl (C=S) groups is 1. The van der Waals surface area contributed by atoms with E-state index < -0.39 is 6.09 Å². The van der Waals surface area contributed by atoms with Gasteiger partial charge >= 0.3 is 6.09 Å². The average molecular weight is 224 g/mol. The van der Waals surface area contributed by atoms with Crippen molar-refractivity contribution in [3.8, 4) is 0 Å². The van der Waals surface area contributed by atoms with Gasteiger partial charge in [-0.25, -0.2) is 4.79 Å². The second-order valence-electron chi connectivity index (χ2n) is 2.67. The third-order valence-corrected chi connectivity index (χ3v) is 1.73. The quantitative estimate of drug-likeness (QED) is 0.756. The molecule has 0 aliphatic carbocycles. The Kier molecular flexibility index (Phi) is 4.56. The molecule has 0 spiro atoms. The van der Waals surface area contributed by atoms with Crippen LogP contribution in [0.1, 0.15) is 6.92 Å². The fourth-order valence-electron chi connectivity index (χ4n) is 0.944. The summed E-state index contributed by atoms with van der Waals surface area (Å²) in [4.78, 5) is 11.0. The van der Waals surface area contributed by atoms with Gasteiger partial charge in [0.2, 0.25) is 0 Å². The molecule has 0 saturated heterocycles. The number of nitrogens with one attached hydrogen (secondary N) is 2. The van der Waals surface area contributed by atoms with Crippen molar-refractivity contribution in [1.82, 2.24) is 5.32 Å². The molecule has 5 heteroatoms. The van der Waals surface area contributed by atoms with E-state index in [-0.39, 0.29) is 5.11 Å². The molecule has 0 fully saturated rings. The van der Waals surface area contributed by atoms with Crippen LogP contribution in [0.15, 0.2) is 30.3 Å². The Bertz CT molecular complexity index is 341. The maximum absolute atomic E-state index is 11.0. The summed E-state index contributed by atoms with van der Waals surface area (Å²) in [6.45, 7) is 2.05. The Balaban J connectivity index is 2.40. The highest BCUT2D eigenvalue weighted by atomic mass is 32.1. The standard InChI is InChI=1S/C10H12N2O2S/c1-2-14-10(13)12-9(15)11-8-6-4-3-5-7-8/h3-7H,2H2,1H3,(H2,11,12,13,15). The molecule has 2 N–H and O–H groups in total. The van der Waals surface area contributed by atoms with Crippen LogP contribution in [0.2, 0.25) is 0 Å². The number of ether oxygens (including phenoxy) is 1. The predicted octanol–water partition coefficient (Wildman–Crippen LogP) is 2.13. The molecular weight excluding hydrogens is 212 g/mol. The highest BCUT2D eigenvalue weighted by molar-refractivity contribution is 7.80. The highest BCUT2D eigenvalue weighted by Crippen LogP contribution is 2.04. The van der Waals surface area contributed by atoms with Gasteiger partial charge in [-0.15, -0.1) is 0 Å². The first kappa shape index (κ1) is 11.5. The molecule has 0 radical (unpaired) electrons. The summed E-state index contributed by atoms with van der Waals surface area (Å²) in [5.74, 6) is 0. The summed E-state index contributed by atoms with van der Waals surface area (Å²) in [5.41, 5.74) is 0.819. The fraction of sp³-hybridized carbons (Fsp3) is 0.200. The second-order valence-corrected chi connectivity index (χ2v) is 3.07. The van der Waals surface area contributed by atoms with Crippen LogP contribution >= 0.6 is 12.2 Å². The number of benzene rings is 1. The normalized spacial score (nSPS) is 9.13. The molecule has 1 rings (SSSR count). The zero-order chi connectivity index (χ0) is 11.1. The number of hydrogen-bond donors (Lipinski definition) is 2. The molecule has 0 saturated carbocycles. The highest BCUT2D eigenvalue weighted by Gasteiger charge is 2.03. The molecule has 0 aliphatic rings. The first-order chi connectivity index (χ1) is 7.22. The van der Waals surface area contributed by atoms with Gasteiger partial charge in [0, 0.05) is 5.69 Å². The minimum absolute atomic E-state index is 0.222. The lowest BCUT2D eigenvalue weighted by molar-refractivity contribution is 0.158. The Hall–Kier alpha value is -1.62. The average Bonchev–Trinajstić information content (AvgIpc) is 2.19. The number of rotatable bonds is 2. The molecule has 0 aromatic heterocycles. The number of amides is 1. The smallest absolute Gasteiger partial charge is 0.413 e. The van der Waals surface area contributed by atoms with Crippen molar-refractivity contribution in [2.75, 3.05) is 11.9 Å². The van der Waals surface area contributed by atoms with Gasteiger partial charge in [-0.05, 0) is 31.3 Å². The van der Waals surface area contributed by atoms with Crippen LogP contribution < -0.4 is 10.6 Å². The summed E-state index contributed by atoms with van der Waals surface area (Å²) in [6.07, 6.45) is -0.550. The molecule has 0 heterocycles. The van der Waals surface area contributed by atoms with Crippen LogP contribution in [0, 0.1) is 0 Å². The van der Waals surface area contributed by atoms with Gasteiger partial charge in [0.25, 0.3) is 0 Å². The second kappa shape index (κ2) is 5.98. The van der Waals surface area contributed by atoms with E-state index in [0.29, 0.717) is 6.61 Å². The van der Waals surface area contributed by atoms with Crippen LogP contribution in [0.4, 0.5) is 10.5 Å². The summed E-state index contributed by atoms with van der Waals surface area (Å²) in [7, 11) is 0. The Morgan fingerprint density at radius 1 is 1.40 bits per heavy atom. The van der Waals surface area contributed by atoms with Gasteiger partial charge in [0.05, 0.1) is 6.61 Å². The van der Waals surface area contributed by atoms with Crippen molar-refractivity contribution in [1.29, 1.82) is 0 Å². The zero-order valence-corrected chi connectivity index (χ0v) is 9.14. The number of anilines is 1. The maximum Gasteiger partial charge on any atom is 0.413 e. The first-order valence-electron chi connectivity index (χ1n) is 4.52. The van der Waals surface area contributed by atoms with E-state index >= 15 is 0 Å². The monoisotopic (exact) mass is 224 g/mol. The molecule has 1 aromatic rings. The van der Waals surface area contributed by atoms with Crippen LogP contribution in [0.5, 0.6) is 0 Å². The Labute approximate surface area is 93.6 Å². The molecule has 0 bridgehead atoms. The zero-order valence-electron chi connectivity index (χ0n) is 8.32. The van der Waals surface area contributed by atoms with E-state index in [2.05, 4.69) is 15.4 Å². The van der Waals surface area contributed by atoms with Gasteiger partial charge in [-0.1, -0.05) is 18.2 Å². The molecule has 0 atom stereocenters. The van der Waals surface area contributed by atoms with Gasteiger partial charge in [0.1, 0.15) is 0 Å². The molecule has 4 nitrogen and oxygen atoms in total. The fourth-order valence-corrected chi connectivity index (χ4v) is 1.14.